The van der Waals surface area contributed by atoms with Gasteiger partial charge in [-0.2, -0.15) is 0 Å². The van der Waals surface area contributed by atoms with E-state index in [1.165, 1.54) is 12.1 Å². The molecule has 0 aliphatic carbocycles. The van der Waals surface area contributed by atoms with E-state index in [2.05, 4.69) is 15.2 Å². The van der Waals surface area contributed by atoms with E-state index in [0.29, 0.717) is 11.5 Å². The Labute approximate surface area is 132 Å². The second-order valence-corrected chi connectivity index (χ2v) is 5.33. The van der Waals surface area contributed by atoms with Crippen molar-refractivity contribution in [2.24, 2.45) is 10.2 Å². The Morgan fingerprint density at radius 1 is 1.13 bits per heavy atom. The molecule has 0 aliphatic rings. The van der Waals surface area contributed by atoms with Crippen LogP contribution < -0.4 is 0 Å². The Hall–Kier alpha value is -3.09. The lowest BCUT2D eigenvalue weighted by atomic mass is 10.2. The zero-order valence-electron chi connectivity index (χ0n) is 13.0. The minimum absolute atomic E-state index is 0.00439. The zero-order chi connectivity index (χ0) is 16.6. The third kappa shape index (κ3) is 2.68. The number of fused-ring (bicyclic) bond motifs is 1. The van der Waals surface area contributed by atoms with Gasteiger partial charge in [-0.3, -0.25) is 14.5 Å². The van der Waals surface area contributed by atoms with Gasteiger partial charge in [-0.25, -0.2) is 4.98 Å². The molecule has 0 bridgehead atoms. The first-order chi connectivity index (χ1) is 11.0. The van der Waals surface area contributed by atoms with Gasteiger partial charge >= 0.3 is 0 Å². The number of azo groups is 1. The number of aryl methyl sites for hydroxylation is 3. The molecular weight excluding hydrogens is 294 g/mol. The molecule has 1 aromatic carbocycles. The monoisotopic (exact) mass is 309 g/mol. The molecule has 3 aromatic rings. The molecule has 0 radical (unpaired) electrons. The molecule has 0 unspecified atom stereocenters. The molecule has 0 atom stereocenters. The van der Waals surface area contributed by atoms with Crippen LogP contribution >= 0.6 is 0 Å². The second kappa shape index (κ2) is 5.60. The number of hydrogen-bond acceptors (Lipinski definition) is 5. The SMILES string of the molecule is Cc1ccc([N+](=O)[O-])cc1N=Nc1c(C)nc2c(C)cccn12. The van der Waals surface area contributed by atoms with Crippen molar-refractivity contribution in [3.05, 3.63) is 63.5 Å². The van der Waals surface area contributed by atoms with Gasteiger partial charge < -0.3 is 0 Å². The maximum atomic E-state index is 10.9. The van der Waals surface area contributed by atoms with Crippen molar-refractivity contribution in [3.8, 4) is 0 Å². The Morgan fingerprint density at radius 3 is 2.65 bits per heavy atom. The van der Waals surface area contributed by atoms with E-state index in [-0.39, 0.29) is 5.69 Å². The number of nitrogens with zero attached hydrogens (tertiary/aromatic N) is 5. The fourth-order valence-electron chi connectivity index (χ4n) is 2.35. The van der Waals surface area contributed by atoms with Gasteiger partial charge in [0.05, 0.1) is 16.3 Å². The largest absolute Gasteiger partial charge is 0.283 e. The quantitative estimate of drug-likeness (QED) is 0.403. The highest BCUT2D eigenvalue weighted by Gasteiger charge is 2.11. The van der Waals surface area contributed by atoms with E-state index >= 15 is 0 Å². The van der Waals surface area contributed by atoms with Crippen molar-refractivity contribution in [2.45, 2.75) is 20.8 Å². The number of nitro groups is 1. The van der Waals surface area contributed by atoms with Crippen molar-refractivity contribution in [1.29, 1.82) is 0 Å². The Kier molecular flexibility index (Phi) is 3.61. The number of hydrogen-bond donors (Lipinski definition) is 0. The lowest BCUT2D eigenvalue weighted by Crippen LogP contribution is -1.88. The van der Waals surface area contributed by atoms with Gasteiger partial charge in [0, 0.05) is 18.3 Å². The zero-order valence-corrected chi connectivity index (χ0v) is 13.0. The molecule has 0 N–H and O–H groups in total. The van der Waals surface area contributed by atoms with E-state index in [9.17, 15) is 10.1 Å². The highest BCUT2D eigenvalue weighted by molar-refractivity contribution is 5.57. The average molecular weight is 309 g/mol. The van der Waals surface area contributed by atoms with Crippen LogP contribution in [0.25, 0.3) is 5.65 Å². The van der Waals surface area contributed by atoms with Crippen molar-refractivity contribution >= 4 is 22.8 Å². The lowest BCUT2D eigenvalue weighted by Gasteiger charge is -2.00. The van der Waals surface area contributed by atoms with Gasteiger partial charge in [-0.05, 0) is 38.0 Å². The molecule has 0 fully saturated rings. The van der Waals surface area contributed by atoms with E-state index in [4.69, 9.17) is 0 Å². The number of nitro benzene ring substituents is 1. The summed E-state index contributed by atoms with van der Waals surface area (Å²) in [6, 6.07) is 8.44. The summed E-state index contributed by atoms with van der Waals surface area (Å²) >= 11 is 0. The fraction of sp³-hybridized carbons (Fsp3) is 0.188. The minimum atomic E-state index is -0.443. The first kappa shape index (κ1) is 14.8. The van der Waals surface area contributed by atoms with Crippen LogP contribution in [0.5, 0.6) is 0 Å². The topological polar surface area (TPSA) is 85.2 Å². The maximum absolute atomic E-state index is 10.9. The molecule has 7 heteroatoms. The van der Waals surface area contributed by atoms with E-state index < -0.39 is 4.92 Å². The van der Waals surface area contributed by atoms with Crippen molar-refractivity contribution in [1.82, 2.24) is 9.38 Å². The van der Waals surface area contributed by atoms with Crippen LogP contribution in [0.2, 0.25) is 0 Å². The summed E-state index contributed by atoms with van der Waals surface area (Å²) in [5.41, 5.74) is 3.92. The third-order valence-corrected chi connectivity index (χ3v) is 3.64. The molecule has 2 aromatic heterocycles. The third-order valence-electron chi connectivity index (χ3n) is 3.64. The van der Waals surface area contributed by atoms with E-state index in [0.717, 1.165) is 22.5 Å². The number of non-ortho nitro benzene ring substituents is 1. The predicted octanol–water partition coefficient (Wildman–Crippen LogP) is 4.58. The molecule has 0 saturated carbocycles. The van der Waals surface area contributed by atoms with Crippen LogP contribution in [0, 0.1) is 30.9 Å². The normalized spacial score (nSPS) is 11.4. The maximum Gasteiger partial charge on any atom is 0.271 e. The summed E-state index contributed by atoms with van der Waals surface area (Å²) < 4.78 is 1.86. The summed E-state index contributed by atoms with van der Waals surface area (Å²) in [4.78, 5) is 14.9. The van der Waals surface area contributed by atoms with Crippen LogP contribution in [0.15, 0.2) is 46.8 Å². The lowest BCUT2D eigenvalue weighted by molar-refractivity contribution is -0.384. The van der Waals surface area contributed by atoms with E-state index in [1.54, 1.807) is 6.07 Å². The second-order valence-electron chi connectivity index (χ2n) is 5.33. The number of pyridine rings is 1. The molecule has 0 spiro atoms. The fourth-order valence-corrected chi connectivity index (χ4v) is 2.35. The van der Waals surface area contributed by atoms with Crippen molar-refractivity contribution in [2.75, 3.05) is 0 Å². The Morgan fingerprint density at radius 2 is 1.91 bits per heavy atom. The molecule has 3 rings (SSSR count). The summed E-state index contributed by atoms with van der Waals surface area (Å²) in [5, 5.41) is 19.3. The van der Waals surface area contributed by atoms with Gasteiger partial charge in [-0.1, -0.05) is 12.1 Å². The Bertz CT molecular complexity index is 943. The molecule has 116 valence electrons. The number of aromatic nitrogens is 2. The number of imidazole rings is 1. The van der Waals surface area contributed by atoms with Crippen LogP contribution in [0.3, 0.4) is 0 Å². The van der Waals surface area contributed by atoms with Gasteiger partial charge in [0.25, 0.3) is 5.69 Å². The summed E-state index contributed by atoms with van der Waals surface area (Å²) in [7, 11) is 0. The van der Waals surface area contributed by atoms with Crippen LogP contribution in [0.4, 0.5) is 17.2 Å². The summed E-state index contributed by atoms with van der Waals surface area (Å²) in [6.45, 7) is 5.68. The van der Waals surface area contributed by atoms with Crippen molar-refractivity contribution in [3.63, 3.8) is 0 Å². The number of benzene rings is 1. The van der Waals surface area contributed by atoms with Gasteiger partial charge in [0.2, 0.25) is 0 Å². The van der Waals surface area contributed by atoms with E-state index in [1.807, 2.05) is 43.5 Å². The first-order valence-electron chi connectivity index (χ1n) is 7.08. The highest BCUT2D eigenvalue weighted by Crippen LogP contribution is 2.28. The standard InChI is InChI=1S/C16H15N5O2/c1-10-6-7-13(21(22)23)9-14(10)18-19-16-12(3)17-15-11(2)5-4-8-20(15)16/h4-9H,1-3H3. The number of rotatable bonds is 3. The average Bonchev–Trinajstić information content (AvgIpc) is 2.83. The van der Waals surface area contributed by atoms with Gasteiger partial charge in [0.1, 0.15) is 5.65 Å². The predicted molar refractivity (Wildman–Crippen MR) is 86.7 cm³/mol. The molecule has 0 amide bonds. The van der Waals surface area contributed by atoms with Gasteiger partial charge in [-0.15, -0.1) is 10.2 Å². The molecule has 7 nitrogen and oxygen atoms in total. The highest BCUT2D eigenvalue weighted by atomic mass is 16.6. The van der Waals surface area contributed by atoms with Crippen LogP contribution in [0.1, 0.15) is 16.8 Å². The van der Waals surface area contributed by atoms with Crippen LogP contribution in [-0.2, 0) is 0 Å². The molecule has 0 aliphatic heterocycles. The van der Waals surface area contributed by atoms with Crippen LogP contribution in [-0.4, -0.2) is 14.3 Å². The minimum Gasteiger partial charge on any atom is -0.283 e. The molecule has 2 heterocycles. The summed E-state index contributed by atoms with van der Waals surface area (Å²) in [6.07, 6.45) is 1.87. The summed E-state index contributed by atoms with van der Waals surface area (Å²) in [5.74, 6) is 0.620. The first-order valence-corrected chi connectivity index (χ1v) is 7.08. The van der Waals surface area contributed by atoms with Crippen molar-refractivity contribution < 1.29 is 4.92 Å². The Balaban J connectivity index is 2.07. The molecule has 0 saturated heterocycles. The smallest absolute Gasteiger partial charge is 0.271 e. The molecule has 23 heavy (non-hydrogen) atoms. The van der Waals surface area contributed by atoms with Gasteiger partial charge in [0.15, 0.2) is 5.82 Å². The molecular formula is C16H15N5O2.